The zero-order valence-corrected chi connectivity index (χ0v) is 11.4. The molecular formula is C13H22OSi. The van der Waals surface area contributed by atoms with Gasteiger partial charge in [0.25, 0.3) is 0 Å². The van der Waals surface area contributed by atoms with Crippen molar-refractivity contribution in [3.63, 3.8) is 0 Å². The maximum Gasteiger partial charge on any atom is 0.113 e. The van der Waals surface area contributed by atoms with Crippen LogP contribution < -0.4 is 5.19 Å². The van der Waals surface area contributed by atoms with Gasteiger partial charge in [0.2, 0.25) is 0 Å². The molecule has 1 atom stereocenters. The Morgan fingerprint density at radius 3 is 1.93 bits per heavy atom. The SMILES string of the molecule is CC(C)(C)C(O)[Si](C)(C)c1ccccc1. The van der Waals surface area contributed by atoms with Crippen molar-refractivity contribution < 1.29 is 5.11 Å². The van der Waals surface area contributed by atoms with Crippen molar-refractivity contribution in [1.29, 1.82) is 0 Å². The van der Waals surface area contributed by atoms with Crippen LogP contribution in [0.15, 0.2) is 30.3 Å². The summed E-state index contributed by atoms with van der Waals surface area (Å²) in [6, 6.07) is 10.4. The minimum Gasteiger partial charge on any atom is -0.396 e. The van der Waals surface area contributed by atoms with Crippen LogP contribution in [0.25, 0.3) is 0 Å². The molecule has 84 valence electrons. The summed E-state index contributed by atoms with van der Waals surface area (Å²) in [4.78, 5) is 0. The molecule has 1 aromatic carbocycles. The predicted octanol–water partition coefficient (Wildman–Crippen LogP) is 2.55. The molecule has 0 aliphatic carbocycles. The molecule has 0 saturated heterocycles. The summed E-state index contributed by atoms with van der Waals surface area (Å²) in [5.74, 6) is 0. The van der Waals surface area contributed by atoms with Crippen molar-refractivity contribution in [2.24, 2.45) is 5.41 Å². The van der Waals surface area contributed by atoms with Crippen molar-refractivity contribution in [2.45, 2.75) is 39.6 Å². The number of benzene rings is 1. The van der Waals surface area contributed by atoms with Crippen molar-refractivity contribution in [3.8, 4) is 0 Å². The standard InChI is InChI=1S/C13H22OSi/c1-13(2,3)12(14)15(4,5)11-9-7-6-8-10-11/h6-10,12,14H,1-5H3. The van der Waals surface area contributed by atoms with E-state index in [1.807, 2.05) is 6.07 Å². The van der Waals surface area contributed by atoms with Crippen LogP contribution in [0.1, 0.15) is 20.8 Å². The highest BCUT2D eigenvalue weighted by molar-refractivity contribution is 6.90. The topological polar surface area (TPSA) is 20.2 Å². The molecule has 0 aliphatic heterocycles. The molecule has 0 spiro atoms. The third-order valence-corrected chi connectivity index (χ3v) is 7.08. The van der Waals surface area contributed by atoms with Crippen molar-refractivity contribution in [1.82, 2.24) is 0 Å². The third kappa shape index (κ3) is 2.70. The summed E-state index contributed by atoms with van der Waals surface area (Å²) in [5, 5.41) is 11.8. The Morgan fingerprint density at radius 1 is 1.07 bits per heavy atom. The second-order valence-electron chi connectivity index (χ2n) is 5.86. The van der Waals surface area contributed by atoms with E-state index in [9.17, 15) is 5.11 Å². The molecule has 2 heteroatoms. The Labute approximate surface area is 94.2 Å². The molecule has 0 aromatic heterocycles. The minimum absolute atomic E-state index is 0.0361. The van der Waals surface area contributed by atoms with E-state index in [1.54, 1.807) is 0 Å². The van der Waals surface area contributed by atoms with Gasteiger partial charge in [-0.15, -0.1) is 0 Å². The fourth-order valence-corrected chi connectivity index (χ4v) is 5.64. The van der Waals surface area contributed by atoms with Crippen LogP contribution in [0, 0.1) is 5.41 Å². The van der Waals surface area contributed by atoms with Crippen molar-refractivity contribution in [3.05, 3.63) is 30.3 Å². The van der Waals surface area contributed by atoms with Gasteiger partial charge >= 0.3 is 0 Å². The quantitative estimate of drug-likeness (QED) is 0.763. The van der Waals surface area contributed by atoms with E-state index in [0.29, 0.717) is 0 Å². The van der Waals surface area contributed by atoms with Gasteiger partial charge in [-0.25, -0.2) is 0 Å². The zero-order valence-electron chi connectivity index (χ0n) is 10.4. The van der Waals surface area contributed by atoms with Gasteiger partial charge in [0.15, 0.2) is 0 Å². The molecule has 0 bridgehead atoms. The number of aliphatic hydroxyl groups is 1. The molecule has 1 nitrogen and oxygen atoms in total. The largest absolute Gasteiger partial charge is 0.396 e. The van der Waals surface area contributed by atoms with Crippen LogP contribution in [-0.4, -0.2) is 18.9 Å². The molecule has 0 amide bonds. The number of aliphatic hydroxyl groups excluding tert-OH is 1. The van der Waals surface area contributed by atoms with Gasteiger partial charge in [-0.3, -0.25) is 0 Å². The lowest BCUT2D eigenvalue weighted by atomic mass is 9.98. The molecule has 0 fully saturated rings. The van der Waals surface area contributed by atoms with E-state index in [4.69, 9.17) is 0 Å². The number of hydrogen-bond donors (Lipinski definition) is 1. The van der Waals surface area contributed by atoms with Gasteiger partial charge < -0.3 is 5.11 Å². The predicted molar refractivity (Wildman–Crippen MR) is 69.0 cm³/mol. The molecular weight excluding hydrogens is 200 g/mol. The first kappa shape index (κ1) is 12.5. The van der Waals surface area contributed by atoms with Crippen LogP contribution in [0.5, 0.6) is 0 Å². The molecule has 0 aliphatic rings. The number of hydrogen-bond acceptors (Lipinski definition) is 1. The maximum absolute atomic E-state index is 10.4. The van der Waals surface area contributed by atoms with E-state index < -0.39 is 8.07 Å². The van der Waals surface area contributed by atoms with Gasteiger partial charge in [0, 0.05) is 0 Å². The average molecular weight is 222 g/mol. The zero-order chi connectivity index (χ0) is 11.7. The van der Waals surface area contributed by atoms with Crippen LogP contribution in [0.2, 0.25) is 13.1 Å². The lowest BCUT2D eigenvalue weighted by Crippen LogP contribution is -2.57. The summed E-state index contributed by atoms with van der Waals surface area (Å²) in [7, 11) is -1.76. The second kappa shape index (κ2) is 4.10. The first-order chi connectivity index (χ1) is 6.76. The summed E-state index contributed by atoms with van der Waals surface area (Å²) in [6.07, 6.45) is 0. The summed E-state index contributed by atoms with van der Waals surface area (Å²) < 4.78 is 0. The van der Waals surface area contributed by atoms with Gasteiger partial charge in [0.05, 0.1) is 5.73 Å². The Morgan fingerprint density at radius 2 is 1.53 bits per heavy atom. The molecule has 15 heavy (non-hydrogen) atoms. The molecule has 1 rings (SSSR count). The molecule has 1 aromatic rings. The van der Waals surface area contributed by atoms with E-state index in [2.05, 4.69) is 58.1 Å². The average Bonchev–Trinajstić information content (AvgIpc) is 2.16. The Hall–Kier alpha value is -0.603. The Bertz CT molecular complexity index is 311. The van der Waals surface area contributed by atoms with Gasteiger partial charge in [-0.05, 0) is 5.41 Å². The highest BCUT2D eigenvalue weighted by atomic mass is 28.3. The van der Waals surface area contributed by atoms with Gasteiger partial charge in [-0.1, -0.05) is 69.4 Å². The highest BCUT2D eigenvalue weighted by Crippen LogP contribution is 2.26. The van der Waals surface area contributed by atoms with Gasteiger partial charge in [-0.2, -0.15) is 0 Å². The fraction of sp³-hybridized carbons (Fsp3) is 0.538. The summed E-state index contributed by atoms with van der Waals surface area (Å²) in [5.41, 5.74) is -0.252. The van der Waals surface area contributed by atoms with E-state index in [0.717, 1.165) is 0 Å². The van der Waals surface area contributed by atoms with E-state index in [1.165, 1.54) is 5.19 Å². The molecule has 0 saturated carbocycles. The maximum atomic E-state index is 10.4. The smallest absolute Gasteiger partial charge is 0.113 e. The lowest BCUT2D eigenvalue weighted by Gasteiger charge is -2.37. The van der Waals surface area contributed by atoms with Crippen LogP contribution in [-0.2, 0) is 0 Å². The molecule has 0 radical (unpaired) electrons. The Balaban J connectivity index is 3.03. The second-order valence-corrected chi connectivity index (χ2v) is 10.4. The summed E-state index contributed by atoms with van der Waals surface area (Å²) >= 11 is 0. The monoisotopic (exact) mass is 222 g/mol. The normalized spacial score (nSPS) is 15.1. The molecule has 1 unspecified atom stereocenters. The first-order valence-electron chi connectivity index (χ1n) is 5.50. The third-order valence-electron chi connectivity index (χ3n) is 3.02. The Kier molecular flexibility index (Phi) is 3.41. The minimum atomic E-state index is -1.76. The molecule has 1 N–H and O–H groups in total. The molecule has 0 heterocycles. The van der Waals surface area contributed by atoms with Gasteiger partial charge in [0.1, 0.15) is 8.07 Å². The van der Waals surface area contributed by atoms with Crippen molar-refractivity contribution >= 4 is 13.3 Å². The van der Waals surface area contributed by atoms with Crippen LogP contribution >= 0.6 is 0 Å². The fourth-order valence-electron chi connectivity index (χ4n) is 2.11. The highest BCUT2D eigenvalue weighted by Gasteiger charge is 2.39. The van der Waals surface area contributed by atoms with E-state index in [-0.39, 0.29) is 11.1 Å². The van der Waals surface area contributed by atoms with Crippen LogP contribution in [0.4, 0.5) is 0 Å². The summed E-state index contributed by atoms with van der Waals surface area (Å²) in [6.45, 7) is 10.8. The van der Waals surface area contributed by atoms with E-state index >= 15 is 0 Å². The van der Waals surface area contributed by atoms with Crippen LogP contribution in [0.3, 0.4) is 0 Å². The number of rotatable bonds is 2. The first-order valence-corrected chi connectivity index (χ1v) is 8.57. The lowest BCUT2D eigenvalue weighted by molar-refractivity contribution is 0.126. The van der Waals surface area contributed by atoms with Crippen molar-refractivity contribution in [2.75, 3.05) is 0 Å².